The number of carbonyl (C=O) groups excluding carboxylic acids is 1. The number of alkyl halides is 3. The van der Waals surface area contributed by atoms with E-state index in [-0.39, 0.29) is 18.3 Å². The van der Waals surface area contributed by atoms with E-state index in [0.29, 0.717) is 18.8 Å². The van der Waals surface area contributed by atoms with Crippen LogP contribution in [0.5, 0.6) is 0 Å². The molecule has 16 heavy (non-hydrogen) atoms. The summed E-state index contributed by atoms with van der Waals surface area (Å²) in [5.41, 5.74) is 0. The monoisotopic (exact) mass is 238 g/mol. The van der Waals surface area contributed by atoms with Crippen LogP contribution in [0.3, 0.4) is 0 Å². The Bertz CT molecular complexity index is 238. The molecule has 0 aromatic carbocycles. The second kappa shape index (κ2) is 5.66. The Morgan fingerprint density at radius 1 is 1.44 bits per heavy atom. The number of hydrogen-bond acceptors (Lipinski definition) is 2. The fraction of sp³-hybridized carbons (Fsp3) is 0.909. The zero-order chi connectivity index (χ0) is 12.2. The van der Waals surface area contributed by atoms with Crippen LogP contribution in [0.4, 0.5) is 13.2 Å². The molecule has 2 nitrogen and oxygen atoms in total. The highest BCUT2D eigenvalue weighted by Crippen LogP contribution is 2.28. The van der Waals surface area contributed by atoms with Crippen LogP contribution in [-0.2, 0) is 9.53 Å². The van der Waals surface area contributed by atoms with E-state index in [9.17, 15) is 18.0 Å². The molecule has 0 radical (unpaired) electrons. The van der Waals surface area contributed by atoms with Crippen molar-refractivity contribution in [2.45, 2.75) is 38.8 Å². The highest BCUT2D eigenvalue weighted by Gasteiger charge is 2.29. The van der Waals surface area contributed by atoms with E-state index in [1.54, 1.807) is 0 Å². The number of halogens is 3. The minimum absolute atomic E-state index is 0.0165. The molecule has 1 rings (SSSR count). The quantitative estimate of drug-likeness (QED) is 0.704. The van der Waals surface area contributed by atoms with Gasteiger partial charge in [0, 0.05) is 18.9 Å². The van der Waals surface area contributed by atoms with Gasteiger partial charge in [-0.1, -0.05) is 6.92 Å². The van der Waals surface area contributed by atoms with Crippen molar-refractivity contribution in [3.05, 3.63) is 0 Å². The third-order valence-electron chi connectivity index (χ3n) is 2.90. The van der Waals surface area contributed by atoms with Gasteiger partial charge in [0.05, 0.1) is 0 Å². The average molecular weight is 238 g/mol. The fourth-order valence-electron chi connectivity index (χ4n) is 2.02. The average Bonchev–Trinajstić information content (AvgIpc) is 2.16. The van der Waals surface area contributed by atoms with E-state index in [0.717, 1.165) is 12.8 Å². The number of rotatable bonds is 4. The van der Waals surface area contributed by atoms with Gasteiger partial charge in [0.15, 0.2) is 0 Å². The molecule has 0 aromatic rings. The molecule has 1 fully saturated rings. The highest BCUT2D eigenvalue weighted by molar-refractivity contribution is 5.81. The zero-order valence-corrected chi connectivity index (χ0v) is 9.35. The Morgan fingerprint density at radius 3 is 2.75 bits per heavy atom. The van der Waals surface area contributed by atoms with Gasteiger partial charge < -0.3 is 4.74 Å². The standard InChI is InChI=1S/C11H17F3O2/c1-8-2-3-10(15)9(6-8)4-5-16-7-11(12,13)14/h8-9H,2-7H2,1H3. The summed E-state index contributed by atoms with van der Waals surface area (Å²) >= 11 is 0. The molecular weight excluding hydrogens is 221 g/mol. The number of ketones is 1. The van der Waals surface area contributed by atoms with Gasteiger partial charge in [0.25, 0.3) is 0 Å². The van der Waals surface area contributed by atoms with Gasteiger partial charge in [-0.15, -0.1) is 0 Å². The normalized spacial score (nSPS) is 27.1. The molecule has 94 valence electrons. The van der Waals surface area contributed by atoms with E-state index in [1.165, 1.54) is 0 Å². The summed E-state index contributed by atoms with van der Waals surface area (Å²) in [5, 5.41) is 0. The van der Waals surface area contributed by atoms with Crippen molar-refractivity contribution in [2.24, 2.45) is 11.8 Å². The van der Waals surface area contributed by atoms with Gasteiger partial charge in [-0.25, -0.2) is 0 Å². The lowest BCUT2D eigenvalue weighted by atomic mass is 9.80. The first-order chi connectivity index (χ1) is 7.38. The maximum Gasteiger partial charge on any atom is 0.411 e. The molecular formula is C11H17F3O2. The Kier molecular flexibility index (Phi) is 4.77. The van der Waals surface area contributed by atoms with Gasteiger partial charge in [0.1, 0.15) is 12.4 Å². The smallest absolute Gasteiger partial charge is 0.372 e. The van der Waals surface area contributed by atoms with E-state index in [1.807, 2.05) is 0 Å². The largest absolute Gasteiger partial charge is 0.411 e. The van der Waals surface area contributed by atoms with Crippen LogP contribution in [0.2, 0.25) is 0 Å². The number of Topliss-reactive ketones (excluding diaryl/α,β-unsaturated/α-hetero) is 1. The molecule has 0 N–H and O–H groups in total. The van der Waals surface area contributed by atoms with E-state index in [2.05, 4.69) is 11.7 Å². The lowest BCUT2D eigenvalue weighted by molar-refractivity contribution is -0.174. The van der Waals surface area contributed by atoms with Crippen molar-refractivity contribution in [3.63, 3.8) is 0 Å². The summed E-state index contributed by atoms with van der Waals surface area (Å²) in [6.45, 7) is 0.863. The van der Waals surface area contributed by atoms with Crippen molar-refractivity contribution >= 4 is 5.78 Å². The van der Waals surface area contributed by atoms with Crippen LogP contribution in [0.25, 0.3) is 0 Å². The predicted octanol–water partition coefficient (Wildman–Crippen LogP) is 2.96. The Labute approximate surface area is 93.2 Å². The van der Waals surface area contributed by atoms with Crippen molar-refractivity contribution < 1.29 is 22.7 Å². The van der Waals surface area contributed by atoms with Gasteiger partial charge >= 0.3 is 6.18 Å². The number of ether oxygens (including phenoxy) is 1. The SMILES string of the molecule is CC1CCC(=O)C(CCOCC(F)(F)F)C1. The van der Waals surface area contributed by atoms with Gasteiger partial charge in [0.2, 0.25) is 0 Å². The lowest BCUT2D eigenvalue weighted by Crippen LogP contribution is -2.25. The first-order valence-corrected chi connectivity index (χ1v) is 5.55. The minimum atomic E-state index is -4.27. The van der Waals surface area contributed by atoms with Crippen molar-refractivity contribution in [1.82, 2.24) is 0 Å². The highest BCUT2D eigenvalue weighted by atomic mass is 19.4. The van der Waals surface area contributed by atoms with Gasteiger partial charge in [-0.2, -0.15) is 13.2 Å². The molecule has 1 aliphatic rings. The summed E-state index contributed by atoms with van der Waals surface area (Å²) in [6, 6.07) is 0. The molecule has 5 heteroatoms. The fourth-order valence-corrected chi connectivity index (χ4v) is 2.02. The molecule has 0 aliphatic heterocycles. The number of hydrogen-bond donors (Lipinski definition) is 0. The number of carbonyl (C=O) groups is 1. The Hall–Kier alpha value is -0.580. The summed E-state index contributed by atoms with van der Waals surface area (Å²) in [4.78, 5) is 11.5. The molecule has 0 saturated heterocycles. The van der Waals surface area contributed by atoms with Crippen molar-refractivity contribution in [1.29, 1.82) is 0 Å². The van der Waals surface area contributed by atoms with E-state index in [4.69, 9.17) is 0 Å². The first kappa shape index (κ1) is 13.5. The molecule has 2 atom stereocenters. The zero-order valence-electron chi connectivity index (χ0n) is 9.35. The van der Waals surface area contributed by atoms with Crippen LogP contribution in [0, 0.1) is 11.8 Å². The molecule has 0 heterocycles. The van der Waals surface area contributed by atoms with Crippen LogP contribution < -0.4 is 0 Å². The predicted molar refractivity (Wildman–Crippen MR) is 53.0 cm³/mol. The molecule has 0 spiro atoms. The molecule has 0 aromatic heterocycles. The third kappa shape index (κ3) is 4.96. The first-order valence-electron chi connectivity index (χ1n) is 5.55. The second-order valence-electron chi connectivity index (χ2n) is 4.50. The summed E-state index contributed by atoms with van der Waals surface area (Å²) < 4.78 is 39.8. The van der Waals surface area contributed by atoms with Gasteiger partial charge in [-0.3, -0.25) is 4.79 Å². The summed E-state index contributed by atoms with van der Waals surface area (Å²) in [6.07, 6.45) is -1.61. The topological polar surface area (TPSA) is 26.3 Å². The van der Waals surface area contributed by atoms with Crippen molar-refractivity contribution in [3.8, 4) is 0 Å². The van der Waals surface area contributed by atoms with E-state index < -0.39 is 12.8 Å². The molecule has 1 saturated carbocycles. The minimum Gasteiger partial charge on any atom is -0.372 e. The molecule has 2 unspecified atom stereocenters. The summed E-state index contributed by atoms with van der Waals surface area (Å²) in [7, 11) is 0. The second-order valence-corrected chi connectivity index (χ2v) is 4.50. The van der Waals surface area contributed by atoms with Crippen LogP contribution >= 0.6 is 0 Å². The van der Waals surface area contributed by atoms with E-state index >= 15 is 0 Å². The summed E-state index contributed by atoms with van der Waals surface area (Å²) in [5.74, 6) is 0.566. The Morgan fingerprint density at radius 2 is 2.12 bits per heavy atom. The van der Waals surface area contributed by atoms with Crippen LogP contribution in [-0.4, -0.2) is 25.2 Å². The third-order valence-corrected chi connectivity index (χ3v) is 2.90. The maximum atomic E-state index is 11.8. The maximum absolute atomic E-state index is 11.8. The lowest BCUT2D eigenvalue weighted by Gasteiger charge is -2.25. The Balaban J connectivity index is 2.19. The molecule has 1 aliphatic carbocycles. The van der Waals surface area contributed by atoms with Gasteiger partial charge in [-0.05, 0) is 25.2 Å². The molecule has 0 bridgehead atoms. The molecule has 0 amide bonds. The van der Waals surface area contributed by atoms with Crippen LogP contribution in [0.1, 0.15) is 32.6 Å². The van der Waals surface area contributed by atoms with Crippen LogP contribution in [0.15, 0.2) is 0 Å². The van der Waals surface area contributed by atoms with Crippen molar-refractivity contribution in [2.75, 3.05) is 13.2 Å².